The molecule has 0 aliphatic rings. The predicted molar refractivity (Wildman–Crippen MR) is 139 cm³/mol. The van der Waals surface area contributed by atoms with E-state index in [0.717, 1.165) is 23.7 Å². The minimum Gasteiger partial charge on any atom is -0.496 e. The van der Waals surface area contributed by atoms with Gasteiger partial charge in [-0.25, -0.2) is 0 Å². The molecule has 0 saturated heterocycles. The minimum absolute atomic E-state index is 0.115. The van der Waals surface area contributed by atoms with Crippen LogP contribution in [0.3, 0.4) is 0 Å². The molecule has 0 aromatic heterocycles. The van der Waals surface area contributed by atoms with Crippen molar-refractivity contribution in [1.29, 1.82) is 0 Å². The summed E-state index contributed by atoms with van der Waals surface area (Å²) >= 11 is 0. The highest BCUT2D eigenvalue weighted by molar-refractivity contribution is 5.89. The van der Waals surface area contributed by atoms with Crippen LogP contribution in [0, 0.1) is 0 Å². The Kier molecular flexibility index (Phi) is 7.41. The topological polar surface area (TPSA) is 27.7 Å². The summed E-state index contributed by atoms with van der Waals surface area (Å²) < 4.78 is 17.1. The second-order valence-electron chi connectivity index (χ2n) is 9.81. The third-order valence-corrected chi connectivity index (χ3v) is 6.25. The molecule has 0 radical (unpaired) electrons. The first-order valence-electron chi connectivity index (χ1n) is 11.7. The van der Waals surface area contributed by atoms with Gasteiger partial charge in [0.25, 0.3) is 0 Å². The van der Waals surface area contributed by atoms with Crippen molar-refractivity contribution < 1.29 is 14.2 Å². The normalized spacial score (nSPS) is 11.6. The summed E-state index contributed by atoms with van der Waals surface area (Å²) in [6.45, 7) is 13.3. The molecule has 0 aliphatic heterocycles. The number of aryl methyl sites for hydroxylation is 1. The Hall–Kier alpha value is -2.94. The lowest BCUT2D eigenvalue weighted by molar-refractivity contribution is 0.398. The van der Waals surface area contributed by atoms with Gasteiger partial charge < -0.3 is 14.2 Å². The summed E-state index contributed by atoms with van der Waals surface area (Å²) in [5.74, 6) is 3.12. The molecule has 33 heavy (non-hydrogen) atoms. The van der Waals surface area contributed by atoms with Crippen LogP contribution < -0.4 is 14.2 Å². The van der Waals surface area contributed by atoms with Gasteiger partial charge in [0.1, 0.15) is 17.2 Å². The van der Waals surface area contributed by atoms with Gasteiger partial charge in [-0.1, -0.05) is 59.7 Å². The van der Waals surface area contributed by atoms with E-state index in [1.54, 1.807) is 21.3 Å². The molecule has 0 aliphatic carbocycles. The molecule has 0 atom stereocenters. The maximum Gasteiger partial charge on any atom is 0.123 e. The summed E-state index contributed by atoms with van der Waals surface area (Å²) in [4.78, 5) is 0. The number of methoxy groups -OCH3 is 3. The van der Waals surface area contributed by atoms with Crippen LogP contribution in [0.15, 0.2) is 48.5 Å². The standard InChI is InChI=1S/C30H38O3/c1-10-20-17-22(12-14-25(20)31-7)28-23(13-16-27(33-9)29(28)30(4,5)6)21-11-15-26(32-8)24(18-21)19(2)3/h11-19H,10H2,1-9H3. The fourth-order valence-corrected chi connectivity index (χ4v) is 4.60. The van der Waals surface area contributed by atoms with E-state index in [4.69, 9.17) is 14.2 Å². The Morgan fingerprint density at radius 3 is 1.85 bits per heavy atom. The number of rotatable bonds is 7. The first kappa shape index (κ1) is 24.7. The van der Waals surface area contributed by atoms with Gasteiger partial charge in [-0.3, -0.25) is 0 Å². The number of hydrogen-bond donors (Lipinski definition) is 0. The van der Waals surface area contributed by atoms with Crippen LogP contribution >= 0.6 is 0 Å². The fourth-order valence-electron chi connectivity index (χ4n) is 4.60. The van der Waals surface area contributed by atoms with Crippen LogP contribution in [0.2, 0.25) is 0 Å². The van der Waals surface area contributed by atoms with Crippen molar-refractivity contribution in [3.63, 3.8) is 0 Å². The monoisotopic (exact) mass is 446 g/mol. The average Bonchev–Trinajstić information content (AvgIpc) is 2.81. The van der Waals surface area contributed by atoms with Gasteiger partial charge in [0, 0.05) is 5.56 Å². The highest BCUT2D eigenvalue weighted by atomic mass is 16.5. The van der Waals surface area contributed by atoms with Crippen LogP contribution in [0.5, 0.6) is 17.2 Å². The van der Waals surface area contributed by atoms with Crippen LogP contribution in [0.4, 0.5) is 0 Å². The Bertz CT molecular complexity index is 1120. The van der Waals surface area contributed by atoms with Gasteiger partial charge in [0.15, 0.2) is 0 Å². The van der Waals surface area contributed by atoms with E-state index in [2.05, 4.69) is 90.1 Å². The van der Waals surface area contributed by atoms with Gasteiger partial charge in [-0.15, -0.1) is 0 Å². The lowest BCUT2D eigenvalue weighted by atomic mass is 9.77. The Balaban J connectivity index is 2.41. The lowest BCUT2D eigenvalue weighted by Gasteiger charge is -2.28. The van der Waals surface area contributed by atoms with Gasteiger partial charge >= 0.3 is 0 Å². The highest BCUT2D eigenvalue weighted by Gasteiger charge is 2.27. The largest absolute Gasteiger partial charge is 0.496 e. The second kappa shape index (κ2) is 9.91. The first-order chi connectivity index (χ1) is 15.7. The zero-order valence-corrected chi connectivity index (χ0v) is 21.6. The van der Waals surface area contributed by atoms with E-state index in [0.29, 0.717) is 5.92 Å². The van der Waals surface area contributed by atoms with Crippen LogP contribution in [-0.2, 0) is 11.8 Å². The van der Waals surface area contributed by atoms with Gasteiger partial charge in [0.05, 0.1) is 21.3 Å². The number of ether oxygens (including phenoxy) is 3. The van der Waals surface area contributed by atoms with E-state index in [1.807, 2.05) is 0 Å². The molecule has 3 nitrogen and oxygen atoms in total. The molecule has 3 rings (SSSR count). The van der Waals surface area contributed by atoms with Crippen molar-refractivity contribution in [2.24, 2.45) is 0 Å². The van der Waals surface area contributed by atoms with E-state index in [1.165, 1.54) is 38.9 Å². The summed E-state index contributed by atoms with van der Waals surface area (Å²) in [6.07, 6.45) is 0.904. The van der Waals surface area contributed by atoms with Gasteiger partial charge in [-0.05, 0) is 81.5 Å². The first-order valence-corrected chi connectivity index (χ1v) is 11.7. The molecule has 3 heteroatoms. The summed E-state index contributed by atoms with van der Waals surface area (Å²) in [5, 5.41) is 0. The molecule has 0 saturated carbocycles. The third-order valence-electron chi connectivity index (χ3n) is 6.25. The van der Waals surface area contributed by atoms with Gasteiger partial charge in [-0.2, -0.15) is 0 Å². The van der Waals surface area contributed by atoms with E-state index in [-0.39, 0.29) is 5.41 Å². The predicted octanol–water partition coefficient (Wildman–Crippen LogP) is 8.03. The van der Waals surface area contributed by atoms with Crippen LogP contribution in [0.25, 0.3) is 22.3 Å². The molecule has 0 amide bonds. The SMILES string of the molecule is CCc1cc(-c2c(-c3ccc(OC)c(C(C)C)c3)ccc(OC)c2C(C)(C)C)ccc1OC. The van der Waals surface area contributed by atoms with E-state index >= 15 is 0 Å². The molecule has 3 aromatic carbocycles. The average molecular weight is 447 g/mol. The van der Waals surface area contributed by atoms with Crippen molar-refractivity contribution in [2.45, 2.75) is 59.3 Å². The smallest absolute Gasteiger partial charge is 0.123 e. The third kappa shape index (κ3) is 4.88. The fraction of sp³-hybridized carbons (Fsp3) is 0.400. The quantitative estimate of drug-likeness (QED) is 0.368. The molecule has 0 unspecified atom stereocenters. The highest BCUT2D eigenvalue weighted by Crippen LogP contribution is 2.46. The summed E-state index contributed by atoms with van der Waals surface area (Å²) in [6, 6.07) is 17.3. The molecular weight excluding hydrogens is 408 g/mol. The number of benzene rings is 3. The zero-order chi connectivity index (χ0) is 24.3. The molecule has 176 valence electrons. The molecule has 0 N–H and O–H groups in total. The maximum absolute atomic E-state index is 5.88. The Labute approximate surface area is 199 Å². The Morgan fingerprint density at radius 2 is 1.30 bits per heavy atom. The second-order valence-corrected chi connectivity index (χ2v) is 9.81. The molecular formula is C30H38O3. The van der Waals surface area contributed by atoms with Crippen molar-refractivity contribution in [3.8, 4) is 39.5 Å². The van der Waals surface area contributed by atoms with Crippen LogP contribution in [0.1, 0.15) is 64.2 Å². The summed E-state index contributed by atoms with van der Waals surface area (Å²) in [7, 11) is 5.22. The summed E-state index contributed by atoms with van der Waals surface area (Å²) in [5.41, 5.74) is 8.24. The van der Waals surface area contributed by atoms with Crippen molar-refractivity contribution in [2.75, 3.05) is 21.3 Å². The van der Waals surface area contributed by atoms with Crippen molar-refractivity contribution in [3.05, 3.63) is 65.2 Å². The van der Waals surface area contributed by atoms with E-state index in [9.17, 15) is 0 Å². The number of hydrogen-bond acceptors (Lipinski definition) is 3. The molecule has 0 spiro atoms. The molecule has 0 bridgehead atoms. The molecule has 0 heterocycles. The molecule has 0 fully saturated rings. The molecule has 3 aromatic rings. The minimum atomic E-state index is -0.115. The lowest BCUT2D eigenvalue weighted by Crippen LogP contribution is -2.15. The van der Waals surface area contributed by atoms with Gasteiger partial charge in [0.2, 0.25) is 0 Å². The van der Waals surface area contributed by atoms with Crippen LogP contribution in [-0.4, -0.2) is 21.3 Å². The van der Waals surface area contributed by atoms with E-state index < -0.39 is 0 Å². The van der Waals surface area contributed by atoms with Crippen molar-refractivity contribution >= 4 is 0 Å². The maximum atomic E-state index is 5.88. The zero-order valence-electron chi connectivity index (χ0n) is 21.6. The van der Waals surface area contributed by atoms with Crippen molar-refractivity contribution in [1.82, 2.24) is 0 Å². The Morgan fingerprint density at radius 1 is 0.727 bits per heavy atom.